The van der Waals surface area contributed by atoms with E-state index in [1.165, 1.54) is 34.6 Å². The average molecular weight is 900 g/mol. The van der Waals surface area contributed by atoms with Crippen molar-refractivity contribution in [1.29, 1.82) is 0 Å². The Bertz CT molecular complexity index is 1950. The topological polar surface area (TPSA) is 231 Å². The van der Waals surface area contributed by atoms with Crippen molar-refractivity contribution in [3.8, 4) is 11.3 Å². The number of carbonyl (C=O) groups is 4. The number of pyridine rings is 1. The largest absolute Gasteiger partial charge is 0.459 e. The van der Waals surface area contributed by atoms with Gasteiger partial charge in [-0.15, -0.1) is 0 Å². The first-order valence-corrected chi connectivity index (χ1v) is 22.0. The molecule has 4 rings (SSSR count). The molecule has 3 N–H and O–H groups in total. The highest BCUT2D eigenvalue weighted by Crippen LogP contribution is 2.39. The normalized spacial score (nSPS) is 32.5. The fourth-order valence-electron chi connectivity index (χ4n) is 8.69. The third-order valence-electron chi connectivity index (χ3n) is 12.1. The lowest BCUT2D eigenvalue weighted by Gasteiger charge is -2.47. The summed E-state index contributed by atoms with van der Waals surface area (Å²) in [5.41, 5.74) is -1.28. The smallest absolute Gasteiger partial charge is 0.316 e. The number of rotatable bonds is 14. The van der Waals surface area contributed by atoms with Gasteiger partial charge in [-0.3, -0.25) is 24.2 Å². The van der Waals surface area contributed by atoms with Crippen molar-refractivity contribution in [2.24, 2.45) is 22.9 Å². The fourth-order valence-corrected chi connectivity index (χ4v) is 8.69. The van der Waals surface area contributed by atoms with E-state index in [0.29, 0.717) is 41.3 Å². The SMILES string of the molecule is CCC(CO[C@@H]1C(C)=C(NC(C)=O)[C@H](C)C[C@@](C)(O)[C@H](O[C@@H]2O[C@H](C)C[C@H](N(C)C)[C@H]2OC(C)=O)[C@@H](C)C(=O)[C@@H](C)C(=O)O[C@H](CC)[C@@]1(C)O)=NOCc1ccc(-c2ccno2)cn1. The quantitative estimate of drug-likeness (QED) is 0.0991. The van der Waals surface area contributed by atoms with Crippen LogP contribution in [0.5, 0.6) is 0 Å². The van der Waals surface area contributed by atoms with Crippen molar-refractivity contribution in [3.63, 3.8) is 0 Å². The van der Waals surface area contributed by atoms with Crippen LogP contribution in [0.1, 0.15) is 108 Å². The van der Waals surface area contributed by atoms with Crippen LogP contribution in [-0.2, 0) is 54.3 Å². The molecule has 0 aliphatic carbocycles. The van der Waals surface area contributed by atoms with E-state index in [9.17, 15) is 29.4 Å². The highest BCUT2D eigenvalue weighted by molar-refractivity contribution is 6.00. The van der Waals surface area contributed by atoms with Crippen LogP contribution in [0.4, 0.5) is 0 Å². The monoisotopic (exact) mass is 899 g/mol. The third kappa shape index (κ3) is 13.0. The van der Waals surface area contributed by atoms with Crippen molar-refractivity contribution in [1.82, 2.24) is 20.4 Å². The van der Waals surface area contributed by atoms with E-state index in [0.717, 1.165) is 5.56 Å². The number of hydrogen-bond donors (Lipinski definition) is 3. The minimum absolute atomic E-state index is 0.0466. The summed E-state index contributed by atoms with van der Waals surface area (Å²) in [5, 5.41) is 36.0. The number of hydrogen-bond acceptors (Lipinski definition) is 17. The second-order valence-electron chi connectivity index (χ2n) is 17.8. The fraction of sp³-hybridized carbons (Fsp3) is 0.674. The maximum absolute atomic E-state index is 14.4. The van der Waals surface area contributed by atoms with Crippen molar-refractivity contribution in [2.45, 2.75) is 163 Å². The molecule has 4 heterocycles. The number of likely N-dealkylation sites (N-methyl/N-ethyl adjacent to an activating group) is 1. The molecule has 64 heavy (non-hydrogen) atoms. The van der Waals surface area contributed by atoms with E-state index >= 15 is 0 Å². The van der Waals surface area contributed by atoms with Gasteiger partial charge in [-0.25, -0.2) is 0 Å². The van der Waals surface area contributed by atoms with Crippen molar-refractivity contribution in [3.05, 3.63) is 47.6 Å². The van der Waals surface area contributed by atoms with E-state index in [4.69, 9.17) is 33.0 Å². The van der Waals surface area contributed by atoms with E-state index in [1.807, 2.05) is 38.9 Å². The first-order valence-electron chi connectivity index (χ1n) is 22.0. The number of ether oxygens (including phenoxy) is 5. The molecule has 356 valence electrons. The van der Waals surface area contributed by atoms with Gasteiger partial charge in [-0.2, -0.15) is 0 Å². The van der Waals surface area contributed by atoms with E-state index in [1.54, 1.807) is 52.2 Å². The number of Topliss-reactive ketones (excluding diaryl/α,β-unsaturated/α-hetero) is 1. The van der Waals surface area contributed by atoms with Gasteiger partial charge in [0, 0.05) is 43.3 Å². The van der Waals surface area contributed by atoms with Gasteiger partial charge in [0.25, 0.3) is 0 Å². The van der Waals surface area contributed by atoms with Gasteiger partial charge in [0.05, 0.1) is 48.1 Å². The Morgan fingerprint density at radius 1 is 1.06 bits per heavy atom. The number of nitrogens with zero attached hydrogens (tertiary/aromatic N) is 4. The van der Waals surface area contributed by atoms with Gasteiger partial charge in [-0.05, 0) is 98.0 Å². The van der Waals surface area contributed by atoms with Crippen LogP contribution in [0.2, 0.25) is 0 Å². The number of ketones is 1. The minimum Gasteiger partial charge on any atom is -0.459 e. The minimum atomic E-state index is -1.94. The van der Waals surface area contributed by atoms with Crippen LogP contribution in [0.25, 0.3) is 11.3 Å². The Balaban J connectivity index is 1.75. The molecule has 1 saturated heterocycles. The summed E-state index contributed by atoms with van der Waals surface area (Å²) in [4.78, 5) is 65.7. The Kier molecular flexibility index (Phi) is 18.3. The zero-order chi connectivity index (χ0) is 47.7. The maximum Gasteiger partial charge on any atom is 0.316 e. The Morgan fingerprint density at radius 3 is 2.33 bits per heavy atom. The number of cyclic esters (lactones) is 1. The maximum atomic E-state index is 14.4. The number of esters is 2. The highest BCUT2D eigenvalue weighted by Gasteiger charge is 2.51. The van der Waals surface area contributed by atoms with Crippen molar-refractivity contribution < 1.29 is 62.4 Å². The molecule has 0 aromatic carbocycles. The molecule has 18 heteroatoms. The molecule has 0 radical (unpaired) electrons. The number of amides is 1. The lowest BCUT2D eigenvalue weighted by Crippen LogP contribution is -2.60. The van der Waals surface area contributed by atoms with E-state index in [-0.39, 0.29) is 38.2 Å². The highest BCUT2D eigenvalue weighted by atomic mass is 16.7. The third-order valence-corrected chi connectivity index (χ3v) is 12.1. The molecule has 0 saturated carbocycles. The molecule has 0 bridgehead atoms. The summed E-state index contributed by atoms with van der Waals surface area (Å²) in [6.07, 6.45) is -2.18. The average Bonchev–Trinajstić information content (AvgIpc) is 3.77. The van der Waals surface area contributed by atoms with Crippen LogP contribution in [-0.4, -0.2) is 129 Å². The number of aliphatic hydroxyl groups is 2. The molecular weight excluding hydrogens is 831 g/mol. The van der Waals surface area contributed by atoms with Gasteiger partial charge >= 0.3 is 11.9 Å². The molecule has 18 nitrogen and oxygen atoms in total. The van der Waals surface area contributed by atoms with Crippen molar-refractivity contribution >= 4 is 29.3 Å². The van der Waals surface area contributed by atoms with Crippen LogP contribution in [0.3, 0.4) is 0 Å². The number of aromatic nitrogens is 2. The molecule has 12 atom stereocenters. The van der Waals surface area contributed by atoms with Gasteiger partial charge < -0.3 is 53.5 Å². The van der Waals surface area contributed by atoms with Crippen LogP contribution >= 0.6 is 0 Å². The predicted octanol–water partition coefficient (Wildman–Crippen LogP) is 4.90. The summed E-state index contributed by atoms with van der Waals surface area (Å²) < 4.78 is 36.3. The molecule has 0 unspecified atom stereocenters. The summed E-state index contributed by atoms with van der Waals surface area (Å²) in [5.74, 6) is -5.10. The summed E-state index contributed by atoms with van der Waals surface area (Å²) in [6, 6.07) is 4.99. The molecule has 2 aromatic rings. The summed E-state index contributed by atoms with van der Waals surface area (Å²) in [6.45, 7) is 17.4. The molecule has 2 aliphatic rings. The first-order chi connectivity index (χ1) is 30.0. The number of oxime groups is 1. The predicted molar refractivity (Wildman–Crippen MR) is 234 cm³/mol. The van der Waals surface area contributed by atoms with E-state index in [2.05, 4.69) is 20.6 Å². The van der Waals surface area contributed by atoms with Gasteiger partial charge in [0.2, 0.25) is 5.91 Å². The summed E-state index contributed by atoms with van der Waals surface area (Å²) in [7, 11) is 3.69. The first kappa shape index (κ1) is 52.0. The molecule has 2 aliphatic heterocycles. The molecule has 2 aromatic heterocycles. The van der Waals surface area contributed by atoms with E-state index < -0.39 is 83.3 Å². The Morgan fingerprint density at radius 2 is 1.77 bits per heavy atom. The van der Waals surface area contributed by atoms with Crippen LogP contribution < -0.4 is 5.32 Å². The second-order valence-corrected chi connectivity index (χ2v) is 17.8. The zero-order valence-electron chi connectivity index (χ0n) is 39.6. The second kappa shape index (κ2) is 22.5. The number of nitrogens with one attached hydrogen (secondary N) is 1. The lowest BCUT2D eigenvalue weighted by molar-refractivity contribution is -0.295. The molecule has 1 amide bonds. The molecule has 1 fully saturated rings. The van der Waals surface area contributed by atoms with Gasteiger partial charge in [-0.1, -0.05) is 38.0 Å². The van der Waals surface area contributed by atoms with Gasteiger partial charge in [0.15, 0.2) is 30.5 Å². The van der Waals surface area contributed by atoms with Crippen molar-refractivity contribution in [2.75, 3.05) is 20.7 Å². The molecule has 0 spiro atoms. The molecular formula is C46H69N5O13. The Labute approximate surface area is 376 Å². The summed E-state index contributed by atoms with van der Waals surface area (Å²) >= 11 is 0. The zero-order valence-corrected chi connectivity index (χ0v) is 39.6. The number of allylic oxidation sites excluding steroid dienone is 1. The van der Waals surface area contributed by atoms with Gasteiger partial charge in [0.1, 0.15) is 23.7 Å². The Hall–Kier alpha value is -4.59. The van der Waals surface area contributed by atoms with Crippen LogP contribution in [0, 0.1) is 17.8 Å². The number of carbonyl (C=O) groups excluding carboxylic acids is 4. The van der Waals surface area contributed by atoms with Crippen LogP contribution in [0.15, 0.2) is 51.5 Å². The lowest BCUT2D eigenvalue weighted by atomic mass is 9.76. The standard InChI is InChI=1S/C46H69N5O13/c1-14-33(50-59-24-34-17-16-32(22-47-34)36-18-19-48-64-36)23-58-42-27(5)38(49-30(8)52)25(3)21-45(10,56)41(28(6)39(54)29(7)43(55)62-37(15-2)46(42,11)57)63-44-40(61-31(9)53)35(51(12)13)20-26(4)60-44/h16-19,22,25-26,28-29,35,37,40-42,44,56-57H,14-15,20-21,23-24H2,1-13H3,(H,49,52)/t25-,26-,28+,29-,35+,37-,40-,41-,42-,44+,45-,46-/m1/s1.